The number of aromatic nitrogens is 2. The van der Waals surface area contributed by atoms with Gasteiger partial charge in [0.1, 0.15) is 5.75 Å². The molecule has 0 bridgehead atoms. The summed E-state index contributed by atoms with van der Waals surface area (Å²) in [5, 5.41) is 2.82. The number of aryl methyl sites for hydroxylation is 1. The van der Waals surface area contributed by atoms with E-state index in [0.717, 1.165) is 34.4 Å². The molecule has 0 atom stereocenters. The summed E-state index contributed by atoms with van der Waals surface area (Å²) in [4.78, 5) is 21.6. The van der Waals surface area contributed by atoms with Gasteiger partial charge in [0, 0.05) is 29.8 Å². The minimum atomic E-state index is -3.43. The monoisotopic (exact) mass is 487 g/mol. The van der Waals surface area contributed by atoms with Crippen LogP contribution in [0.5, 0.6) is 5.75 Å². The molecule has 4 aromatic rings. The third kappa shape index (κ3) is 5.55. The van der Waals surface area contributed by atoms with Crippen molar-refractivity contribution in [3.05, 3.63) is 95.9 Å². The second kappa shape index (κ2) is 10.1. The van der Waals surface area contributed by atoms with Crippen molar-refractivity contribution in [2.45, 2.75) is 18.4 Å². The number of carbonyl (C=O) groups excluding carboxylic acids is 1. The number of hydrogen-bond donors (Lipinski definition) is 1. The number of nitrogens with one attached hydrogen (secondary N) is 1. The first-order valence-electron chi connectivity index (χ1n) is 10.9. The first-order valence-corrected chi connectivity index (χ1v) is 12.8. The van der Waals surface area contributed by atoms with Gasteiger partial charge in [-0.3, -0.25) is 14.8 Å². The molecule has 0 fully saturated rings. The number of nitrogens with zero attached hydrogens (tertiary/aromatic N) is 2. The Balaban J connectivity index is 1.55. The van der Waals surface area contributed by atoms with E-state index in [2.05, 4.69) is 15.3 Å². The molecule has 0 aliphatic rings. The Labute approximate surface area is 204 Å². The van der Waals surface area contributed by atoms with Gasteiger partial charge in [-0.1, -0.05) is 18.2 Å². The van der Waals surface area contributed by atoms with Crippen molar-refractivity contribution < 1.29 is 17.9 Å². The van der Waals surface area contributed by atoms with Gasteiger partial charge in [-0.25, -0.2) is 8.42 Å². The van der Waals surface area contributed by atoms with Crippen LogP contribution in [0.3, 0.4) is 0 Å². The average Bonchev–Trinajstić information content (AvgIpc) is 2.87. The quantitative estimate of drug-likeness (QED) is 0.413. The number of sulfone groups is 1. The van der Waals surface area contributed by atoms with E-state index in [1.807, 2.05) is 48.5 Å². The molecule has 35 heavy (non-hydrogen) atoms. The molecule has 0 radical (unpaired) electrons. The Morgan fingerprint density at radius 3 is 2.46 bits per heavy atom. The number of pyridine rings is 2. The fraction of sp³-hybridized carbons (Fsp3) is 0.148. The van der Waals surface area contributed by atoms with E-state index in [0.29, 0.717) is 11.3 Å². The lowest BCUT2D eigenvalue weighted by atomic mass is 10.0. The molecular weight excluding hydrogens is 462 g/mol. The summed E-state index contributed by atoms with van der Waals surface area (Å²) in [5.41, 5.74) is 5.11. The Morgan fingerprint density at radius 2 is 1.74 bits per heavy atom. The molecular formula is C27H25N3O4S. The van der Waals surface area contributed by atoms with Crippen molar-refractivity contribution in [1.82, 2.24) is 15.3 Å². The van der Waals surface area contributed by atoms with Crippen LogP contribution in [0.25, 0.3) is 22.4 Å². The summed E-state index contributed by atoms with van der Waals surface area (Å²) in [6.07, 6.45) is 4.56. The van der Waals surface area contributed by atoms with E-state index >= 15 is 0 Å². The zero-order valence-corrected chi connectivity index (χ0v) is 20.5. The maximum absolute atomic E-state index is 12.7. The van der Waals surface area contributed by atoms with Gasteiger partial charge >= 0.3 is 0 Å². The summed E-state index contributed by atoms with van der Waals surface area (Å²) < 4.78 is 29.5. The van der Waals surface area contributed by atoms with Gasteiger partial charge in [-0.2, -0.15) is 0 Å². The fourth-order valence-corrected chi connectivity index (χ4v) is 4.77. The lowest BCUT2D eigenvalue weighted by Crippen LogP contribution is -2.23. The van der Waals surface area contributed by atoms with E-state index in [-0.39, 0.29) is 22.9 Å². The van der Waals surface area contributed by atoms with Crippen LogP contribution in [-0.2, 0) is 16.4 Å². The molecule has 4 rings (SSSR count). The molecule has 0 saturated heterocycles. The molecule has 1 amide bonds. The highest BCUT2D eigenvalue weighted by Crippen LogP contribution is 2.33. The molecule has 178 valence electrons. The molecule has 0 spiro atoms. The summed E-state index contributed by atoms with van der Waals surface area (Å²) in [5.74, 6) is 0.351. The number of benzene rings is 2. The summed E-state index contributed by atoms with van der Waals surface area (Å²) in [6.45, 7) is 1.89. The Morgan fingerprint density at radius 1 is 0.943 bits per heavy atom. The van der Waals surface area contributed by atoms with Gasteiger partial charge in [0.2, 0.25) is 0 Å². The van der Waals surface area contributed by atoms with Crippen LogP contribution in [0.1, 0.15) is 21.6 Å². The molecule has 0 aliphatic carbocycles. The highest BCUT2D eigenvalue weighted by Gasteiger charge is 2.15. The Hall–Kier alpha value is -4.04. The number of carbonyl (C=O) groups is 1. The molecule has 0 unspecified atom stereocenters. The van der Waals surface area contributed by atoms with Gasteiger partial charge in [0.15, 0.2) is 9.84 Å². The van der Waals surface area contributed by atoms with E-state index in [1.165, 1.54) is 6.07 Å². The predicted octanol–water partition coefficient (Wildman–Crippen LogP) is 4.46. The van der Waals surface area contributed by atoms with Crippen LogP contribution >= 0.6 is 0 Å². The maximum atomic E-state index is 12.7. The number of rotatable bonds is 7. The highest BCUT2D eigenvalue weighted by atomic mass is 32.2. The van der Waals surface area contributed by atoms with Crippen molar-refractivity contribution in [1.29, 1.82) is 0 Å². The number of methoxy groups -OCH3 is 1. The van der Waals surface area contributed by atoms with E-state index in [1.54, 1.807) is 38.6 Å². The van der Waals surface area contributed by atoms with Crippen LogP contribution in [-0.4, -0.2) is 37.7 Å². The Kier molecular flexibility index (Phi) is 6.93. The van der Waals surface area contributed by atoms with Crippen LogP contribution in [0.15, 0.2) is 84.0 Å². The molecule has 0 saturated carbocycles. The second-order valence-corrected chi connectivity index (χ2v) is 10.1. The largest absolute Gasteiger partial charge is 0.496 e. The van der Waals surface area contributed by atoms with Crippen molar-refractivity contribution >= 4 is 15.7 Å². The minimum Gasteiger partial charge on any atom is -0.496 e. The lowest BCUT2D eigenvalue weighted by molar-refractivity contribution is 0.0950. The van der Waals surface area contributed by atoms with Crippen LogP contribution in [0.2, 0.25) is 0 Å². The van der Waals surface area contributed by atoms with Crippen LogP contribution in [0.4, 0.5) is 0 Å². The molecule has 2 aromatic carbocycles. The number of hydrogen-bond acceptors (Lipinski definition) is 6. The SMILES string of the molecule is COc1ccc(-c2ccnc(CNC(=O)c3ccc(C)c(S(C)(=O)=O)c3)c2)cc1-c1ccccn1. The van der Waals surface area contributed by atoms with Crippen molar-refractivity contribution in [3.63, 3.8) is 0 Å². The van der Waals surface area contributed by atoms with Crippen LogP contribution < -0.4 is 10.1 Å². The minimum absolute atomic E-state index is 0.147. The molecule has 0 aliphatic heterocycles. The third-order valence-electron chi connectivity index (χ3n) is 5.57. The van der Waals surface area contributed by atoms with Crippen molar-refractivity contribution in [3.8, 4) is 28.1 Å². The van der Waals surface area contributed by atoms with E-state index in [4.69, 9.17) is 4.74 Å². The lowest BCUT2D eigenvalue weighted by Gasteiger charge is -2.12. The topological polar surface area (TPSA) is 98.2 Å². The number of ether oxygens (including phenoxy) is 1. The molecule has 1 N–H and O–H groups in total. The standard InChI is InChI=1S/C27H25N3O4S/c1-18-7-8-21(16-26(18)35(3,32)33)27(31)30-17-22-14-20(11-13-28-22)19-9-10-25(34-2)23(15-19)24-6-4-5-12-29-24/h4-16H,17H2,1-3H3,(H,30,31). The third-order valence-corrected chi connectivity index (χ3v) is 6.81. The van der Waals surface area contributed by atoms with E-state index < -0.39 is 9.84 Å². The maximum Gasteiger partial charge on any atom is 0.251 e. The van der Waals surface area contributed by atoms with Gasteiger partial charge in [0.25, 0.3) is 5.91 Å². The fourth-order valence-electron chi connectivity index (χ4n) is 3.78. The van der Waals surface area contributed by atoms with Gasteiger partial charge < -0.3 is 10.1 Å². The van der Waals surface area contributed by atoms with Gasteiger partial charge in [0.05, 0.1) is 29.9 Å². The summed E-state index contributed by atoms with van der Waals surface area (Å²) >= 11 is 0. The smallest absolute Gasteiger partial charge is 0.251 e. The first-order chi connectivity index (χ1) is 16.8. The average molecular weight is 488 g/mol. The van der Waals surface area contributed by atoms with Crippen LogP contribution in [0, 0.1) is 6.92 Å². The summed E-state index contributed by atoms with van der Waals surface area (Å²) in [6, 6.07) is 20.0. The van der Waals surface area contributed by atoms with Gasteiger partial charge in [-0.15, -0.1) is 0 Å². The highest BCUT2D eigenvalue weighted by molar-refractivity contribution is 7.90. The number of amides is 1. The molecule has 7 nitrogen and oxygen atoms in total. The first kappa shape index (κ1) is 24.1. The zero-order valence-electron chi connectivity index (χ0n) is 19.6. The van der Waals surface area contributed by atoms with Crippen molar-refractivity contribution in [2.24, 2.45) is 0 Å². The predicted molar refractivity (Wildman–Crippen MR) is 135 cm³/mol. The zero-order chi connectivity index (χ0) is 25.0. The normalized spacial score (nSPS) is 11.2. The summed E-state index contributed by atoms with van der Waals surface area (Å²) in [7, 11) is -1.80. The van der Waals surface area contributed by atoms with Crippen molar-refractivity contribution in [2.75, 3.05) is 13.4 Å². The Bertz CT molecular complexity index is 1490. The molecule has 8 heteroatoms. The van der Waals surface area contributed by atoms with Gasteiger partial charge in [-0.05, 0) is 72.1 Å². The molecule has 2 aromatic heterocycles. The van der Waals surface area contributed by atoms with E-state index in [9.17, 15) is 13.2 Å². The second-order valence-electron chi connectivity index (χ2n) is 8.10. The molecule has 2 heterocycles.